The number of carbonyl (C=O) groups is 4. The zero-order valence-electron chi connectivity index (χ0n) is 24.7. The third kappa shape index (κ3) is 15.6. The highest BCUT2D eigenvalue weighted by molar-refractivity contribution is 5.89. The van der Waals surface area contributed by atoms with Crippen LogP contribution in [0.1, 0.15) is 103 Å². The number of rotatable bonds is 20. The second-order valence-electron chi connectivity index (χ2n) is 9.61. The highest BCUT2D eigenvalue weighted by Gasteiger charge is 2.13. The van der Waals surface area contributed by atoms with Gasteiger partial charge < -0.3 is 9.47 Å². The number of ether oxygens (including phenoxy) is 2. The summed E-state index contributed by atoms with van der Waals surface area (Å²) >= 11 is 0. The molecule has 0 aromatic heterocycles. The molecule has 0 spiro atoms. The van der Waals surface area contributed by atoms with Crippen molar-refractivity contribution in [3.05, 3.63) is 70.8 Å². The van der Waals surface area contributed by atoms with E-state index in [1.165, 1.54) is 0 Å². The van der Waals surface area contributed by atoms with E-state index in [0.29, 0.717) is 12.8 Å². The Labute approximate surface area is 251 Å². The van der Waals surface area contributed by atoms with Crippen LogP contribution in [0.5, 0.6) is 0 Å². The monoisotopic (exact) mass is 604 g/mol. The Bertz CT molecular complexity index is 1010. The normalized spacial score (nSPS) is 10.5. The molecule has 12 nitrogen and oxygen atoms in total. The number of hydrogen-bond donors (Lipinski definition) is 0. The molecule has 0 atom stereocenters. The summed E-state index contributed by atoms with van der Waals surface area (Å²) in [6.45, 7) is 4.39. The van der Waals surface area contributed by atoms with Crippen molar-refractivity contribution in [3.8, 4) is 0 Å². The molecular weight excluding hydrogens is 564 g/mol. The summed E-state index contributed by atoms with van der Waals surface area (Å²) in [5.74, 6) is -1.59. The maximum absolute atomic E-state index is 11.9. The standard InChI is InChI=1S/C31H40O12/c1-3-12-24-14-18-26(19-15-24)28(32)38-42-40-30(34)36-22-10-8-6-5-7-9-11-23-37-31(35)41-43-39-29(33)27-20-16-25(13-4-2)17-21-27/h14-21H,3-13,22-23H2,1-2H3. The number of unbranched alkanes of at least 4 members (excludes halogenated alkanes) is 6. The molecule has 43 heavy (non-hydrogen) atoms. The molecule has 0 radical (unpaired) electrons. The minimum absolute atomic E-state index is 0.133. The summed E-state index contributed by atoms with van der Waals surface area (Å²) in [6.07, 6.45) is 7.31. The molecule has 2 rings (SSSR count). The molecule has 0 bridgehead atoms. The van der Waals surface area contributed by atoms with Gasteiger partial charge in [-0.05, 0) is 61.1 Å². The van der Waals surface area contributed by atoms with Gasteiger partial charge in [0.1, 0.15) is 0 Å². The fourth-order valence-electron chi connectivity index (χ4n) is 3.89. The summed E-state index contributed by atoms with van der Waals surface area (Å²) in [5.41, 5.74) is 2.73. The first kappa shape index (κ1) is 35.0. The third-order valence-electron chi connectivity index (χ3n) is 6.11. The molecule has 2 aromatic rings. The average Bonchev–Trinajstić information content (AvgIpc) is 3.00. The molecule has 236 valence electrons. The summed E-state index contributed by atoms with van der Waals surface area (Å²) < 4.78 is 9.71. The average molecular weight is 605 g/mol. The molecule has 0 N–H and O–H groups in total. The second kappa shape index (κ2) is 21.5. The predicted molar refractivity (Wildman–Crippen MR) is 151 cm³/mol. The lowest BCUT2D eigenvalue weighted by atomic mass is 10.1. The van der Waals surface area contributed by atoms with Crippen LogP contribution >= 0.6 is 0 Å². The van der Waals surface area contributed by atoms with Gasteiger partial charge in [0.2, 0.25) is 0 Å². The third-order valence-corrected chi connectivity index (χ3v) is 6.11. The van der Waals surface area contributed by atoms with E-state index < -0.39 is 24.2 Å². The fourth-order valence-corrected chi connectivity index (χ4v) is 3.89. The quantitative estimate of drug-likeness (QED) is 0.0646. The van der Waals surface area contributed by atoms with Gasteiger partial charge >= 0.3 is 24.2 Å². The van der Waals surface area contributed by atoms with Crippen LogP contribution < -0.4 is 0 Å². The molecule has 0 unspecified atom stereocenters. The Balaban J connectivity index is 1.37. The number of benzene rings is 2. The lowest BCUT2D eigenvalue weighted by molar-refractivity contribution is -0.452. The van der Waals surface area contributed by atoms with Gasteiger partial charge in [0.05, 0.1) is 34.4 Å². The molecule has 0 heterocycles. The van der Waals surface area contributed by atoms with E-state index in [4.69, 9.17) is 9.47 Å². The zero-order valence-corrected chi connectivity index (χ0v) is 24.7. The maximum Gasteiger partial charge on any atom is 0.543 e. The molecule has 2 aromatic carbocycles. The predicted octanol–water partition coefficient (Wildman–Crippen LogP) is 7.34. The molecule has 12 heteroatoms. The van der Waals surface area contributed by atoms with Crippen LogP contribution in [-0.2, 0) is 51.9 Å². The number of hydrogen-bond acceptors (Lipinski definition) is 12. The lowest BCUT2D eigenvalue weighted by Gasteiger charge is -2.06. The van der Waals surface area contributed by atoms with E-state index in [0.717, 1.165) is 68.9 Å². The van der Waals surface area contributed by atoms with Crippen molar-refractivity contribution in [2.24, 2.45) is 0 Å². The van der Waals surface area contributed by atoms with Gasteiger partial charge in [0.15, 0.2) is 0 Å². The second-order valence-corrected chi connectivity index (χ2v) is 9.61. The molecule has 0 aliphatic heterocycles. The Morgan fingerprint density at radius 1 is 0.488 bits per heavy atom. The van der Waals surface area contributed by atoms with Crippen LogP contribution in [0, 0.1) is 0 Å². The van der Waals surface area contributed by atoms with E-state index in [-0.39, 0.29) is 24.3 Å². The smallest absolute Gasteiger partial charge is 0.432 e. The van der Waals surface area contributed by atoms with Gasteiger partial charge in [-0.1, -0.05) is 83.1 Å². The van der Waals surface area contributed by atoms with E-state index in [9.17, 15) is 19.2 Å². The van der Waals surface area contributed by atoms with Gasteiger partial charge in [-0.25, -0.2) is 29.0 Å². The van der Waals surface area contributed by atoms with Gasteiger partial charge in [-0.3, -0.25) is 9.78 Å². The van der Waals surface area contributed by atoms with E-state index in [2.05, 4.69) is 43.5 Å². The fraction of sp³-hybridized carbons (Fsp3) is 0.484. The van der Waals surface area contributed by atoms with Gasteiger partial charge in [-0.15, -0.1) is 0 Å². The van der Waals surface area contributed by atoms with Crippen molar-refractivity contribution >= 4 is 24.2 Å². The Morgan fingerprint density at radius 3 is 1.19 bits per heavy atom. The first-order chi connectivity index (χ1) is 20.9. The molecule has 0 fully saturated rings. The van der Waals surface area contributed by atoms with Crippen molar-refractivity contribution in [2.75, 3.05) is 13.2 Å². The molecule has 0 aliphatic carbocycles. The summed E-state index contributed by atoms with van der Waals surface area (Å²) in [4.78, 5) is 64.2. The lowest BCUT2D eigenvalue weighted by Crippen LogP contribution is -2.12. The SMILES string of the molecule is CCCc1ccc(C(=O)OOOC(=O)OCCCCCCCCCOC(=O)OOOC(=O)c2ccc(CCC)cc2)cc1. The van der Waals surface area contributed by atoms with E-state index >= 15 is 0 Å². The Hall–Kier alpha value is -4.16. The van der Waals surface area contributed by atoms with Crippen LogP contribution in [0.3, 0.4) is 0 Å². The minimum atomic E-state index is -1.11. The van der Waals surface area contributed by atoms with Gasteiger partial charge in [0, 0.05) is 0 Å². The van der Waals surface area contributed by atoms with Crippen LogP contribution in [0.25, 0.3) is 0 Å². The molecule has 0 aliphatic rings. The van der Waals surface area contributed by atoms with Gasteiger partial charge in [0.25, 0.3) is 0 Å². The Morgan fingerprint density at radius 2 is 0.837 bits per heavy atom. The van der Waals surface area contributed by atoms with Crippen LogP contribution in [0.2, 0.25) is 0 Å². The van der Waals surface area contributed by atoms with Crippen molar-refractivity contribution in [2.45, 2.75) is 84.5 Å². The maximum atomic E-state index is 11.9. The number of carbonyl (C=O) groups excluding carboxylic acids is 4. The zero-order chi connectivity index (χ0) is 31.1. The highest BCUT2D eigenvalue weighted by Crippen LogP contribution is 2.11. The first-order valence-corrected chi connectivity index (χ1v) is 14.5. The number of aryl methyl sites for hydroxylation is 2. The minimum Gasteiger partial charge on any atom is -0.432 e. The topological polar surface area (TPSA) is 142 Å². The summed E-state index contributed by atoms with van der Waals surface area (Å²) in [5, 5.41) is 8.42. The molecular formula is C31H40O12. The summed E-state index contributed by atoms with van der Waals surface area (Å²) in [7, 11) is 0. The first-order valence-electron chi connectivity index (χ1n) is 14.5. The van der Waals surface area contributed by atoms with Crippen LogP contribution in [-0.4, -0.2) is 37.5 Å². The Kier molecular flexibility index (Phi) is 17.5. The van der Waals surface area contributed by atoms with Gasteiger partial charge in [-0.2, -0.15) is 0 Å². The van der Waals surface area contributed by atoms with E-state index in [1.54, 1.807) is 24.3 Å². The highest BCUT2D eigenvalue weighted by atomic mass is 17.5. The largest absolute Gasteiger partial charge is 0.543 e. The van der Waals surface area contributed by atoms with Crippen molar-refractivity contribution in [1.29, 1.82) is 0 Å². The van der Waals surface area contributed by atoms with Crippen LogP contribution in [0.15, 0.2) is 48.5 Å². The molecule has 0 saturated carbocycles. The van der Waals surface area contributed by atoms with Crippen LogP contribution in [0.4, 0.5) is 9.59 Å². The van der Waals surface area contributed by atoms with Crippen molar-refractivity contribution in [3.63, 3.8) is 0 Å². The summed E-state index contributed by atoms with van der Waals surface area (Å²) in [6, 6.07) is 13.7. The van der Waals surface area contributed by atoms with E-state index in [1.807, 2.05) is 24.3 Å². The molecule has 0 saturated heterocycles. The van der Waals surface area contributed by atoms with Crippen molar-refractivity contribution < 1.29 is 58.3 Å². The van der Waals surface area contributed by atoms with Crippen molar-refractivity contribution in [1.82, 2.24) is 0 Å². The molecule has 0 amide bonds.